The van der Waals surface area contributed by atoms with Gasteiger partial charge in [-0.25, -0.2) is 0 Å². The fourth-order valence-corrected chi connectivity index (χ4v) is 3.62. The van der Waals surface area contributed by atoms with Gasteiger partial charge < -0.3 is 20.3 Å². The first-order chi connectivity index (χ1) is 14.1. The van der Waals surface area contributed by atoms with Crippen molar-refractivity contribution in [2.45, 2.75) is 6.10 Å². The Bertz CT molecular complexity index is 1020. The first kappa shape index (κ1) is 19.2. The van der Waals surface area contributed by atoms with E-state index in [1.807, 2.05) is 41.3 Å². The largest absolute Gasteiger partial charge is 0.506 e. The summed E-state index contributed by atoms with van der Waals surface area (Å²) in [6.07, 6.45) is 2.33. The lowest BCUT2D eigenvalue weighted by molar-refractivity contribution is -0.124. The Kier molecular flexibility index (Phi) is 5.59. The van der Waals surface area contributed by atoms with Crippen LogP contribution in [0.25, 0.3) is 21.9 Å². The van der Waals surface area contributed by atoms with E-state index in [4.69, 9.17) is 4.74 Å². The van der Waals surface area contributed by atoms with Crippen molar-refractivity contribution in [2.75, 3.05) is 32.8 Å². The van der Waals surface area contributed by atoms with E-state index in [0.717, 1.165) is 21.9 Å². The third-order valence-electron chi connectivity index (χ3n) is 4.92. The van der Waals surface area contributed by atoms with E-state index in [9.17, 15) is 15.0 Å². The van der Waals surface area contributed by atoms with Crippen LogP contribution in [0.3, 0.4) is 0 Å². The molecule has 3 N–H and O–H groups in total. The summed E-state index contributed by atoms with van der Waals surface area (Å²) in [5.74, 6) is 0.647. The smallest absolute Gasteiger partial charge is 0.234 e. The maximum Gasteiger partial charge on any atom is 0.234 e. The van der Waals surface area contributed by atoms with Crippen molar-refractivity contribution in [3.63, 3.8) is 0 Å². The van der Waals surface area contributed by atoms with Gasteiger partial charge in [0, 0.05) is 37.0 Å². The van der Waals surface area contributed by atoms with Crippen LogP contribution in [-0.4, -0.2) is 64.9 Å². The minimum atomic E-state index is -0.734. The van der Waals surface area contributed by atoms with Crippen LogP contribution in [0.15, 0.2) is 54.9 Å². The van der Waals surface area contributed by atoms with E-state index in [2.05, 4.69) is 10.3 Å². The van der Waals surface area contributed by atoms with Gasteiger partial charge in [0.05, 0.1) is 12.7 Å². The van der Waals surface area contributed by atoms with Crippen LogP contribution in [0.1, 0.15) is 0 Å². The summed E-state index contributed by atoms with van der Waals surface area (Å²) in [7, 11) is 0. The third kappa shape index (κ3) is 4.47. The summed E-state index contributed by atoms with van der Waals surface area (Å²) < 4.78 is 5.98. The molecule has 0 saturated carbocycles. The van der Waals surface area contributed by atoms with Gasteiger partial charge in [0.1, 0.15) is 24.2 Å². The number of aliphatic hydroxyl groups excluding tert-OH is 1. The number of benzene rings is 2. The SMILES string of the molecule is O=C1CN(CC(O)COc2ccc3ccccc3c2-c2cncc(O)c2)CCN1. The summed E-state index contributed by atoms with van der Waals surface area (Å²) in [6, 6.07) is 13.4. The molecule has 29 heavy (non-hydrogen) atoms. The fraction of sp³-hybridized carbons (Fsp3) is 0.273. The first-order valence-electron chi connectivity index (χ1n) is 9.56. The van der Waals surface area contributed by atoms with Crippen LogP contribution in [0.2, 0.25) is 0 Å². The zero-order valence-corrected chi connectivity index (χ0v) is 15.9. The van der Waals surface area contributed by atoms with Crippen molar-refractivity contribution in [1.82, 2.24) is 15.2 Å². The van der Waals surface area contributed by atoms with Crippen LogP contribution >= 0.6 is 0 Å². The molecule has 1 fully saturated rings. The van der Waals surface area contributed by atoms with Gasteiger partial charge in [-0.05, 0) is 22.9 Å². The number of hydrogen-bond acceptors (Lipinski definition) is 6. The zero-order valence-electron chi connectivity index (χ0n) is 15.9. The molecule has 1 saturated heterocycles. The number of nitrogens with zero attached hydrogens (tertiary/aromatic N) is 2. The molecule has 1 atom stereocenters. The maximum absolute atomic E-state index is 11.5. The molecule has 1 aliphatic heterocycles. The number of carbonyl (C=O) groups is 1. The molecule has 7 nitrogen and oxygen atoms in total. The average Bonchev–Trinajstić information content (AvgIpc) is 2.72. The highest BCUT2D eigenvalue weighted by Crippen LogP contribution is 2.37. The van der Waals surface area contributed by atoms with E-state index in [1.54, 1.807) is 12.3 Å². The van der Waals surface area contributed by atoms with Gasteiger partial charge in [-0.2, -0.15) is 0 Å². The Labute approximate surface area is 168 Å². The number of β-amino-alcohol motifs (C(OH)–C–C–N with tert-alkyl or cyclic N) is 1. The van der Waals surface area contributed by atoms with Gasteiger partial charge in [-0.15, -0.1) is 0 Å². The summed E-state index contributed by atoms with van der Waals surface area (Å²) in [6.45, 7) is 2.04. The zero-order chi connectivity index (χ0) is 20.2. The minimum Gasteiger partial charge on any atom is -0.506 e. The third-order valence-corrected chi connectivity index (χ3v) is 4.92. The number of carbonyl (C=O) groups excluding carboxylic acids is 1. The number of fused-ring (bicyclic) bond motifs is 1. The molecule has 1 aliphatic rings. The summed E-state index contributed by atoms with van der Waals surface area (Å²) in [5.41, 5.74) is 1.55. The Balaban J connectivity index is 1.57. The van der Waals surface area contributed by atoms with E-state index < -0.39 is 6.10 Å². The van der Waals surface area contributed by atoms with Crippen molar-refractivity contribution in [3.05, 3.63) is 54.9 Å². The minimum absolute atomic E-state index is 0.0300. The molecule has 7 heteroatoms. The highest BCUT2D eigenvalue weighted by molar-refractivity contribution is 5.99. The number of amides is 1. The molecule has 0 radical (unpaired) electrons. The lowest BCUT2D eigenvalue weighted by Gasteiger charge is -2.28. The second kappa shape index (κ2) is 8.46. The molecule has 1 unspecified atom stereocenters. The van der Waals surface area contributed by atoms with Gasteiger partial charge in [-0.3, -0.25) is 14.7 Å². The Morgan fingerprint density at radius 2 is 2.07 bits per heavy atom. The standard InChI is InChI=1S/C22H23N3O4/c26-17-9-16(10-23-11-17)22-19-4-2-1-3-15(19)5-6-20(22)29-14-18(27)12-25-8-7-24-21(28)13-25/h1-6,9-11,18,26-27H,7-8,12-14H2,(H,24,28). The van der Waals surface area contributed by atoms with E-state index in [1.165, 1.54) is 6.20 Å². The summed E-state index contributed by atoms with van der Waals surface area (Å²) in [5, 5.41) is 25.1. The molecule has 150 valence electrons. The van der Waals surface area contributed by atoms with Crippen LogP contribution in [-0.2, 0) is 4.79 Å². The number of pyridine rings is 1. The molecule has 0 bridgehead atoms. The Morgan fingerprint density at radius 1 is 1.21 bits per heavy atom. The molecule has 1 amide bonds. The van der Waals surface area contributed by atoms with E-state index >= 15 is 0 Å². The fourth-order valence-electron chi connectivity index (χ4n) is 3.62. The highest BCUT2D eigenvalue weighted by Gasteiger charge is 2.20. The second-order valence-corrected chi connectivity index (χ2v) is 7.14. The predicted octanol–water partition coefficient (Wildman–Crippen LogP) is 1.78. The van der Waals surface area contributed by atoms with Crippen molar-refractivity contribution < 1.29 is 19.7 Å². The molecule has 1 aromatic heterocycles. The van der Waals surface area contributed by atoms with Gasteiger partial charge >= 0.3 is 0 Å². The van der Waals surface area contributed by atoms with Crippen LogP contribution in [0, 0.1) is 0 Å². The summed E-state index contributed by atoms with van der Waals surface area (Å²) >= 11 is 0. The molecule has 3 aromatic rings. The van der Waals surface area contributed by atoms with Crippen LogP contribution < -0.4 is 10.1 Å². The molecule has 0 aliphatic carbocycles. The van der Waals surface area contributed by atoms with Gasteiger partial charge in [0.25, 0.3) is 0 Å². The van der Waals surface area contributed by atoms with Crippen LogP contribution in [0.5, 0.6) is 11.5 Å². The molecule has 2 heterocycles. The maximum atomic E-state index is 11.5. The number of aromatic hydroxyl groups is 1. The molecule has 0 spiro atoms. The van der Waals surface area contributed by atoms with Crippen molar-refractivity contribution in [2.24, 2.45) is 0 Å². The monoisotopic (exact) mass is 393 g/mol. The molecular weight excluding hydrogens is 370 g/mol. The quantitative estimate of drug-likeness (QED) is 0.591. The second-order valence-electron chi connectivity index (χ2n) is 7.14. The molecule has 2 aromatic carbocycles. The number of nitrogens with one attached hydrogen (secondary N) is 1. The highest BCUT2D eigenvalue weighted by atomic mass is 16.5. The van der Waals surface area contributed by atoms with E-state index in [0.29, 0.717) is 25.4 Å². The average molecular weight is 393 g/mol. The first-order valence-corrected chi connectivity index (χ1v) is 9.56. The van der Waals surface area contributed by atoms with Crippen molar-refractivity contribution in [3.8, 4) is 22.6 Å². The van der Waals surface area contributed by atoms with E-state index in [-0.39, 0.29) is 24.8 Å². The normalized spacial score (nSPS) is 15.8. The topological polar surface area (TPSA) is 94.9 Å². The molecule has 4 rings (SSSR count). The van der Waals surface area contributed by atoms with Crippen molar-refractivity contribution in [1.29, 1.82) is 0 Å². The van der Waals surface area contributed by atoms with Crippen molar-refractivity contribution >= 4 is 16.7 Å². The molecular formula is C22H23N3O4. The van der Waals surface area contributed by atoms with Gasteiger partial charge in [0.15, 0.2) is 0 Å². The number of hydrogen-bond donors (Lipinski definition) is 3. The van der Waals surface area contributed by atoms with Crippen LogP contribution in [0.4, 0.5) is 0 Å². The summed E-state index contributed by atoms with van der Waals surface area (Å²) in [4.78, 5) is 17.5. The number of aliphatic hydroxyl groups is 1. The Hall–Kier alpha value is -3.16. The van der Waals surface area contributed by atoms with Gasteiger partial charge in [-0.1, -0.05) is 30.3 Å². The number of piperazine rings is 1. The number of ether oxygens (including phenoxy) is 1. The Morgan fingerprint density at radius 3 is 2.90 bits per heavy atom. The van der Waals surface area contributed by atoms with Gasteiger partial charge in [0.2, 0.25) is 5.91 Å². The number of aromatic nitrogens is 1. The number of rotatable bonds is 6. The lowest BCUT2D eigenvalue weighted by atomic mass is 9.98. The lowest BCUT2D eigenvalue weighted by Crippen LogP contribution is -2.50. The predicted molar refractivity (Wildman–Crippen MR) is 110 cm³/mol.